The molecule has 0 spiro atoms. The van der Waals surface area contributed by atoms with Crippen LogP contribution < -0.4 is 0 Å². The standard InChI is InChI=1S/2Bi.4NO3.O/c;;4*2-1(3)4;/q+1;+3;4*-1;. The van der Waals surface area contributed by atoms with Crippen molar-refractivity contribution in [3.8, 4) is 0 Å². The predicted molar refractivity (Wildman–Crippen MR) is 53.6 cm³/mol. The molecule has 0 aliphatic heterocycles. The van der Waals surface area contributed by atoms with Crippen LogP contribution in [0.5, 0.6) is 0 Å². The first-order chi connectivity index (χ1) is 7.93. The molecule has 0 heterocycles. The van der Waals surface area contributed by atoms with Crippen molar-refractivity contribution in [3.63, 3.8) is 0 Å². The molecule has 19 heavy (non-hydrogen) atoms. The van der Waals surface area contributed by atoms with E-state index in [1.165, 1.54) is 0 Å². The first kappa shape index (κ1) is 36.0. The second-order valence-electron chi connectivity index (χ2n) is 0.894. The molecule has 0 amide bonds. The monoisotopic (exact) mass is 682 g/mol. The molecule has 0 unspecified atom stereocenters. The van der Waals surface area contributed by atoms with Crippen molar-refractivity contribution in [2.24, 2.45) is 0 Å². The Morgan fingerprint density at radius 3 is 0.474 bits per heavy atom. The molecule has 0 N–H and O–H groups in total. The van der Waals surface area contributed by atoms with E-state index < -0.39 is 20.3 Å². The van der Waals surface area contributed by atoms with Gasteiger partial charge in [-0.2, -0.15) is 0 Å². The quantitative estimate of drug-likeness (QED) is 0.154. The molecule has 0 aliphatic carbocycles. The van der Waals surface area contributed by atoms with Gasteiger partial charge >= 0.3 is 53.7 Å². The van der Waals surface area contributed by atoms with E-state index in [0.717, 1.165) is 0 Å². The topological polar surface area (TPSA) is 282 Å². The van der Waals surface area contributed by atoms with Crippen LogP contribution in [0, 0.1) is 61.3 Å². The SMILES string of the molecule is O=[N+]([O-])[O-].O=[N+]([O-])[O-].O=[N+]([O-])[O-].O=[N+]([O-])[O-].[Bi+3].[O]=[Bi+]. The average Bonchev–Trinajstić information content (AvgIpc) is 2.01. The Balaban J connectivity index is -0.0000000279. The Morgan fingerprint density at radius 1 is 0.474 bits per heavy atom. The van der Waals surface area contributed by atoms with Gasteiger partial charge in [0, 0.05) is 0 Å². The van der Waals surface area contributed by atoms with Crippen molar-refractivity contribution in [1.82, 2.24) is 0 Å². The summed E-state index contributed by atoms with van der Waals surface area (Å²) in [4.78, 5) is 33.0. The Labute approximate surface area is 135 Å². The maximum atomic E-state index is 8.36. The van der Waals surface area contributed by atoms with E-state index in [9.17, 15) is 0 Å². The van der Waals surface area contributed by atoms with Gasteiger partial charge in [0.05, 0.1) is 20.3 Å². The van der Waals surface area contributed by atoms with Crippen LogP contribution in [0.15, 0.2) is 0 Å². The van der Waals surface area contributed by atoms with Crippen LogP contribution in [-0.4, -0.2) is 71.3 Å². The molecule has 19 heteroatoms. The van der Waals surface area contributed by atoms with E-state index in [2.05, 4.69) is 0 Å². The minimum atomic E-state index is -1.75. The molecule has 0 bridgehead atoms. The van der Waals surface area contributed by atoms with Gasteiger partial charge in [0.1, 0.15) is 0 Å². The van der Waals surface area contributed by atoms with Gasteiger partial charge in [-0.1, -0.05) is 0 Å². The normalized spacial score (nSPS) is 5.26. The molecule has 0 fully saturated rings. The summed E-state index contributed by atoms with van der Waals surface area (Å²) in [5.74, 6) is 0. The van der Waals surface area contributed by atoms with E-state index in [4.69, 9.17) is 64.1 Å². The van der Waals surface area contributed by atoms with E-state index in [0.29, 0.717) is 0 Å². The number of hydrogen-bond donors (Lipinski definition) is 0. The van der Waals surface area contributed by atoms with Crippen LogP contribution in [0.1, 0.15) is 0 Å². The summed E-state index contributed by atoms with van der Waals surface area (Å²) < 4.78 is 8.36. The van der Waals surface area contributed by atoms with Gasteiger partial charge in [0.2, 0.25) is 0 Å². The van der Waals surface area contributed by atoms with Crippen LogP contribution in [-0.2, 0) is 2.81 Å². The molecule has 0 rings (SSSR count). The third-order valence-electron chi connectivity index (χ3n) is 0. The third kappa shape index (κ3) is 1270. The molecule has 0 aromatic rings. The Bertz CT molecular complexity index is 175. The van der Waals surface area contributed by atoms with E-state index in [-0.39, 0.29) is 50.9 Å². The van der Waals surface area contributed by atoms with E-state index in [1.807, 2.05) is 0 Å². The molecule has 0 saturated heterocycles. The van der Waals surface area contributed by atoms with Crippen molar-refractivity contribution in [2.75, 3.05) is 0 Å². The fourth-order valence-corrected chi connectivity index (χ4v) is 0. The molecule has 0 aliphatic rings. The van der Waals surface area contributed by atoms with Gasteiger partial charge in [-0.05, 0) is 0 Å². The van der Waals surface area contributed by atoms with E-state index in [1.54, 1.807) is 0 Å². The van der Waals surface area contributed by atoms with Gasteiger partial charge < -0.3 is 61.3 Å². The molecular formula is Bi2N4O13. The summed E-state index contributed by atoms with van der Waals surface area (Å²) in [6, 6.07) is 0. The molecule has 17 nitrogen and oxygen atoms in total. The number of nitrogens with zero attached hydrogens (tertiary/aromatic N) is 4. The number of rotatable bonds is 0. The summed E-state index contributed by atoms with van der Waals surface area (Å²) in [7, 11) is 0. The fourth-order valence-electron chi connectivity index (χ4n) is 0. The van der Waals surface area contributed by atoms with Gasteiger partial charge in [-0.3, -0.25) is 0 Å². The molecule has 0 aromatic heterocycles. The number of hydrogen-bond acceptors (Lipinski definition) is 13. The first-order valence-electron chi connectivity index (χ1n) is 2.37. The fraction of sp³-hybridized carbons (Fsp3) is 0. The van der Waals surface area contributed by atoms with Crippen LogP contribution in [0.2, 0.25) is 0 Å². The average molecular weight is 682 g/mol. The predicted octanol–water partition coefficient (Wildman–Crippen LogP) is -1.84. The molecule has 4 radical (unpaired) electrons. The van der Waals surface area contributed by atoms with Gasteiger partial charge in [0.25, 0.3) is 0 Å². The molecule has 0 aromatic carbocycles. The first-order valence-corrected chi connectivity index (χ1v) is 3.79. The van der Waals surface area contributed by atoms with Crippen LogP contribution in [0.4, 0.5) is 0 Å². The van der Waals surface area contributed by atoms with Crippen molar-refractivity contribution >= 4 is 50.9 Å². The van der Waals surface area contributed by atoms with E-state index >= 15 is 0 Å². The molecule has 108 valence electrons. The minimum absolute atomic E-state index is 0. The van der Waals surface area contributed by atoms with Crippen molar-refractivity contribution in [3.05, 3.63) is 61.3 Å². The third-order valence-corrected chi connectivity index (χ3v) is 0. The van der Waals surface area contributed by atoms with Crippen LogP contribution in [0.25, 0.3) is 0 Å². The molecule has 0 saturated carbocycles. The maximum absolute atomic E-state index is 8.36. The summed E-state index contributed by atoms with van der Waals surface area (Å²) in [6.07, 6.45) is 0. The molecular weight excluding hydrogens is 682 g/mol. The summed E-state index contributed by atoms with van der Waals surface area (Å²) in [5, 5.41) is 59.0. The van der Waals surface area contributed by atoms with Gasteiger partial charge in [-0.25, -0.2) is 0 Å². The van der Waals surface area contributed by atoms with Gasteiger partial charge in [-0.15, -0.1) is 0 Å². The van der Waals surface area contributed by atoms with Gasteiger partial charge in [0.15, 0.2) is 0 Å². The van der Waals surface area contributed by atoms with Crippen LogP contribution >= 0.6 is 0 Å². The second-order valence-corrected chi connectivity index (χ2v) is 0.894. The van der Waals surface area contributed by atoms with Crippen LogP contribution in [0.3, 0.4) is 0 Å². The molecule has 0 atom stereocenters. The van der Waals surface area contributed by atoms with Crippen molar-refractivity contribution in [1.29, 1.82) is 0 Å². The second kappa shape index (κ2) is 36.0. The Morgan fingerprint density at radius 2 is 0.474 bits per heavy atom. The van der Waals surface area contributed by atoms with Crippen molar-refractivity contribution < 1.29 is 23.2 Å². The Kier molecular flexibility index (Phi) is 68.1. The Hall–Kier alpha value is -1.63. The summed E-state index contributed by atoms with van der Waals surface area (Å²) in [5.41, 5.74) is 0. The van der Waals surface area contributed by atoms with Crippen molar-refractivity contribution in [2.45, 2.75) is 0 Å². The zero-order valence-electron chi connectivity index (χ0n) is 7.99. The summed E-state index contributed by atoms with van der Waals surface area (Å²) >= 11 is 0.194. The zero-order valence-corrected chi connectivity index (χ0v) is 14.9. The zero-order chi connectivity index (χ0) is 16.3. The summed E-state index contributed by atoms with van der Waals surface area (Å²) in [6.45, 7) is 0.